The van der Waals surface area contributed by atoms with Gasteiger partial charge in [0.2, 0.25) is 5.16 Å². The Morgan fingerprint density at radius 3 is 2.64 bits per heavy atom. The van der Waals surface area contributed by atoms with Crippen LogP contribution in [0, 0.1) is 0 Å². The van der Waals surface area contributed by atoms with E-state index in [0.29, 0.717) is 26.6 Å². The highest BCUT2D eigenvalue weighted by Crippen LogP contribution is 2.36. The van der Waals surface area contributed by atoms with Crippen LogP contribution in [0.2, 0.25) is 5.02 Å². The maximum Gasteiger partial charge on any atom is 0.342 e. The predicted octanol–water partition coefficient (Wildman–Crippen LogP) is 5.88. The molecule has 0 saturated carbocycles. The second kappa shape index (κ2) is 9.13. The molecule has 144 valence electrons. The molecule has 0 saturated heterocycles. The lowest BCUT2D eigenvalue weighted by atomic mass is 10.2. The third kappa shape index (κ3) is 4.96. The van der Waals surface area contributed by atoms with Crippen LogP contribution in [0.3, 0.4) is 0 Å². The fraction of sp³-hybridized carbons (Fsp3) is 0.0556. The largest absolute Gasteiger partial charge is 0.495 e. The fourth-order valence-corrected chi connectivity index (χ4v) is 4.55. The van der Waals surface area contributed by atoms with Crippen LogP contribution in [0.15, 0.2) is 55.4 Å². The minimum Gasteiger partial charge on any atom is -0.495 e. The first-order valence-corrected chi connectivity index (χ1v) is 10.5. The highest BCUT2D eigenvalue weighted by Gasteiger charge is 2.16. The summed E-state index contributed by atoms with van der Waals surface area (Å²) in [5, 5.41) is 17.4. The average molecular weight is 546 g/mol. The minimum absolute atomic E-state index is 0.0463. The molecule has 0 atom stereocenters. The van der Waals surface area contributed by atoms with Gasteiger partial charge in [0.15, 0.2) is 5.82 Å². The van der Waals surface area contributed by atoms with Crippen LogP contribution in [0.4, 0.5) is 0 Å². The molecule has 1 aromatic heterocycles. The zero-order valence-corrected chi connectivity index (χ0v) is 19.0. The van der Waals surface area contributed by atoms with Gasteiger partial charge in [0.25, 0.3) is 0 Å². The van der Waals surface area contributed by atoms with Crippen LogP contribution < -0.4 is 4.74 Å². The Morgan fingerprint density at radius 2 is 2.00 bits per heavy atom. The maximum atomic E-state index is 11.8. The van der Waals surface area contributed by atoms with Crippen molar-refractivity contribution in [1.29, 1.82) is 0 Å². The van der Waals surface area contributed by atoms with E-state index in [1.807, 2.05) is 6.07 Å². The predicted molar refractivity (Wildman–Crippen MR) is 117 cm³/mol. The van der Waals surface area contributed by atoms with Crippen LogP contribution in [0.25, 0.3) is 17.5 Å². The molecular formula is C18H12Br2ClN3O3S. The number of ether oxygens (including phenoxy) is 1. The standard InChI is InChI=1S/C18H12Br2ClN3O3S/c1-27-15-10(6-11(19)8-13(15)20)7-14(17(25)26)28-18-22-16(23-24-18)9-2-4-12(21)5-3-9/h2-8H,1H3,(H,25,26)(H,22,23,24)/b14-7-. The van der Waals surface area contributed by atoms with Gasteiger partial charge in [0.1, 0.15) is 10.7 Å². The number of aromatic amines is 1. The number of aliphatic carboxylic acids is 1. The van der Waals surface area contributed by atoms with Crippen molar-refractivity contribution in [3.05, 3.63) is 60.8 Å². The van der Waals surface area contributed by atoms with Crippen LogP contribution in [0.5, 0.6) is 5.75 Å². The number of carboxylic acid groups (broad SMARTS) is 1. The number of methoxy groups -OCH3 is 1. The van der Waals surface area contributed by atoms with Crippen molar-refractivity contribution >= 4 is 67.3 Å². The van der Waals surface area contributed by atoms with Crippen molar-refractivity contribution in [3.8, 4) is 17.1 Å². The number of hydrogen-bond acceptors (Lipinski definition) is 5. The van der Waals surface area contributed by atoms with Gasteiger partial charge in [-0.25, -0.2) is 9.78 Å². The van der Waals surface area contributed by atoms with Crippen molar-refractivity contribution in [2.75, 3.05) is 7.11 Å². The molecule has 0 bridgehead atoms. The van der Waals surface area contributed by atoms with E-state index in [4.69, 9.17) is 16.3 Å². The normalized spacial score (nSPS) is 11.5. The number of rotatable bonds is 6. The SMILES string of the molecule is COc1c(Br)cc(Br)cc1/C=C(\Sc1n[nH]c(-c2ccc(Cl)cc2)n1)C(=O)O. The highest BCUT2D eigenvalue weighted by atomic mass is 79.9. The van der Waals surface area contributed by atoms with Crippen molar-refractivity contribution < 1.29 is 14.6 Å². The summed E-state index contributed by atoms with van der Waals surface area (Å²) in [5.74, 6) is -0.0490. The van der Waals surface area contributed by atoms with E-state index in [9.17, 15) is 9.90 Å². The summed E-state index contributed by atoms with van der Waals surface area (Å²) >= 11 is 13.6. The second-order valence-electron chi connectivity index (χ2n) is 5.40. The Balaban J connectivity index is 1.92. The van der Waals surface area contributed by atoms with E-state index < -0.39 is 5.97 Å². The monoisotopic (exact) mass is 543 g/mol. The van der Waals surface area contributed by atoms with Crippen molar-refractivity contribution in [1.82, 2.24) is 15.2 Å². The number of H-pyrrole nitrogens is 1. The molecule has 1 heterocycles. The number of carboxylic acids is 1. The molecule has 2 N–H and O–H groups in total. The van der Waals surface area contributed by atoms with Crippen molar-refractivity contribution in [2.24, 2.45) is 0 Å². The summed E-state index contributed by atoms with van der Waals surface area (Å²) in [6.07, 6.45) is 1.51. The van der Waals surface area contributed by atoms with E-state index in [1.54, 1.807) is 30.3 Å². The average Bonchev–Trinajstić information content (AvgIpc) is 3.10. The molecule has 0 fully saturated rings. The van der Waals surface area contributed by atoms with Gasteiger partial charge in [-0.1, -0.05) is 27.5 Å². The van der Waals surface area contributed by atoms with E-state index >= 15 is 0 Å². The lowest BCUT2D eigenvalue weighted by molar-refractivity contribution is -0.131. The zero-order chi connectivity index (χ0) is 20.3. The molecule has 2 aromatic carbocycles. The van der Waals surface area contributed by atoms with Crippen LogP contribution in [-0.2, 0) is 4.79 Å². The van der Waals surface area contributed by atoms with Crippen LogP contribution >= 0.6 is 55.2 Å². The van der Waals surface area contributed by atoms with E-state index in [0.717, 1.165) is 21.8 Å². The molecule has 28 heavy (non-hydrogen) atoms. The first-order chi connectivity index (χ1) is 13.4. The number of nitrogens with one attached hydrogen (secondary N) is 1. The first-order valence-electron chi connectivity index (χ1n) is 7.71. The van der Waals surface area contributed by atoms with E-state index in [-0.39, 0.29) is 10.1 Å². The number of hydrogen-bond donors (Lipinski definition) is 2. The molecule has 0 spiro atoms. The molecule has 0 unspecified atom stereocenters. The quantitative estimate of drug-likeness (QED) is 0.297. The molecule has 0 aliphatic heterocycles. The number of benzene rings is 2. The van der Waals surface area contributed by atoms with Gasteiger partial charge in [-0.3, -0.25) is 5.10 Å². The Kier molecular flexibility index (Phi) is 6.82. The van der Waals surface area contributed by atoms with Crippen LogP contribution in [-0.4, -0.2) is 33.4 Å². The molecule has 3 aromatic rings. The molecule has 0 aliphatic rings. The van der Waals surface area contributed by atoms with E-state index in [1.165, 1.54) is 13.2 Å². The number of thioether (sulfide) groups is 1. The number of nitrogens with zero attached hydrogens (tertiary/aromatic N) is 2. The maximum absolute atomic E-state index is 11.8. The second-order valence-corrected chi connectivity index (χ2v) is 8.61. The van der Waals surface area contributed by atoms with Crippen molar-refractivity contribution in [3.63, 3.8) is 0 Å². The molecule has 10 heteroatoms. The van der Waals surface area contributed by atoms with Gasteiger partial charge in [-0.2, -0.15) is 0 Å². The summed E-state index contributed by atoms with van der Waals surface area (Å²) < 4.78 is 6.85. The summed E-state index contributed by atoms with van der Waals surface area (Å²) in [4.78, 5) is 16.2. The minimum atomic E-state index is -1.10. The lowest BCUT2D eigenvalue weighted by Gasteiger charge is -2.09. The van der Waals surface area contributed by atoms with Gasteiger partial charge < -0.3 is 9.84 Å². The lowest BCUT2D eigenvalue weighted by Crippen LogP contribution is -1.98. The number of carbonyl (C=O) groups is 1. The highest BCUT2D eigenvalue weighted by molar-refractivity contribution is 9.11. The fourth-order valence-electron chi connectivity index (χ4n) is 2.31. The number of aromatic nitrogens is 3. The molecule has 0 aliphatic carbocycles. The van der Waals surface area contributed by atoms with Gasteiger partial charge in [0.05, 0.1) is 11.6 Å². The summed E-state index contributed by atoms with van der Waals surface area (Å²) in [7, 11) is 1.52. The Labute approximate surface area is 186 Å². The van der Waals surface area contributed by atoms with Crippen LogP contribution in [0.1, 0.15) is 5.56 Å². The summed E-state index contributed by atoms with van der Waals surface area (Å²) in [6, 6.07) is 10.7. The molecular weight excluding hydrogens is 534 g/mol. The van der Waals surface area contributed by atoms with Gasteiger partial charge in [-0.05, 0) is 70.2 Å². The smallest absolute Gasteiger partial charge is 0.342 e. The molecule has 6 nitrogen and oxygen atoms in total. The Bertz CT molecular complexity index is 1050. The third-order valence-corrected chi connectivity index (χ3v) is 5.70. The zero-order valence-electron chi connectivity index (χ0n) is 14.2. The van der Waals surface area contributed by atoms with Crippen molar-refractivity contribution in [2.45, 2.75) is 5.16 Å². The number of halogens is 3. The third-order valence-electron chi connectivity index (χ3n) is 3.52. The Hall–Kier alpha value is -1.81. The summed E-state index contributed by atoms with van der Waals surface area (Å²) in [6.45, 7) is 0. The topological polar surface area (TPSA) is 88.1 Å². The first kappa shape index (κ1) is 20.9. The Morgan fingerprint density at radius 1 is 1.29 bits per heavy atom. The summed E-state index contributed by atoms with van der Waals surface area (Å²) in [5.41, 5.74) is 1.39. The molecule has 3 rings (SSSR count). The van der Waals surface area contributed by atoms with E-state index in [2.05, 4.69) is 47.0 Å². The van der Waals surface area contributed by atoms with Gasteiger partial charge >= 0.3 is 5.97 Å². The van der Waals surface area contributed by atoms with Gasteiger partial charge in [0, 0.05) is 20.6 Å². The van der Waals surface area contributed by atoms with Gasteiger partial charge in [-0.15, -0.1) is 5.10 Å². The molecule has 0 radical (unpaired) electrons. The molecule has 0 amide bonds.